The molecule has 0 unspecified atom stereocenters. The van der Waals surface area contributed by atoms with Crippen molar-refractivity contribution in [1.82, 2.24) is 10.6 Å². The first-order valence-corrected chi connectivity index (χ1v) is 14.1. The molecule has 0 aliphatic carbocycles. The smallest absolute Gasteiger partial charge is 0.122 e. The largest absolute Gasteiger partial charge is 0.493 e. The molecule has 28 heavy (non-hydrogen) atoms. The van der Waals surface area contributed by atoms with Gasteiger partial charge in [-0.15, -0.1) is 0 Å². The first kappa shape index (κ1) is 30.4. The van der Waals surface area contributed by atoms with Gasteiger partial charge in [0.05, 0.1) is 13.2 Å². The molecule has 0 amide bonds. The minimum Gasteiger partial charge on any atom is -0.493 e. The van der Waals surface area contributed by atoms with E-state index in [1.165, 1.54) is 0 Å². The predicted molar refractivity (Wildman–Crippen MR) is 142 cm³/mol. The lowest BCUT2D eigenvalue weighted by atomic mass is 10.1. The summed E-state index contributed by atoms with van der Waals surface area (Å²) < 4.78 is 11.6. The molecule has 0 saturated heterocycles. The van der Waals surface area contributed by atoms with Gasteiger partial charge in [-0.3, -0.25) is 0 Å². The van der Waals surface area contributed by atoms with E-state index in [1.807, 2.05) is 34.1 Å². The molecule has 2 N–H and O–H groups in total. The molecule has 0 atom stereocenters. The fourth-order valence-electron chi connectivity index (χ4n) is 2.10. The maximum Gasteiger partial charge on any atom is 0.122 e. The number of halogens is 2. The molecular formula is C22H42I2N2O2. The minimum atomic E-state index is 0.162. The Morgan fingerprint density at radius 1 is 0.714 bits per heavy atom. The Balaban J connectivity index is 0. The van der Waals surface area contributed by atoms with Crippen molar-refractivity contribution in [3.8, 4) is 11.5 Å². The molecule has 0 aliphatic heterocycles. The van der Waals surface area contributed by atoms with Gasteiger partial charge in [-0.2, -0.15) is 0 Å². The summed E-state index contributed by atoms with van der Waals surface area (Å²) >= 11 is 4.30. The molecule has 0 bridgehead atoms. The van der Waals surface area contributed by atoms with Gasteiger partial charge in [0, 0.05) is 17.1 Å². The molecule has 0 radical (unpaired) electrons. The highest BCUT2D eigenvalue weighted by Gasteiger charge is 2.08. The molecule has 0 heterocycles. The van der Waals surface area contributed by atoms with E-state index in [0.717, 1.165) is 37.4 Å². The fourth-order valence-corrected chi connectivity index (χ4v) is 2.10. The highest BCUT2D eigenvalue weighted by Crippen LogP contribution is 2.19. The number of alkyl halides is 2. The quantitative estimate of drug-likeness (QED) is 0.189. The standard InChI is InChI=1S/C20H36N2O2.2CH3I/c1-19(2,3)21-12-8-14-23-17-10-7-11-18(16-17)24-15-9-13-22-20(4,5)6;2*1-2/h7,10-11,16,21-22H,8-9,12-15H2,1-6H3;2*1H3. The highest BCUT2D eigenvalue weighted by atomic mass is 127. The number of ether oxygens (including phenoxy) is 2. The van der Waals surface area contributed by atoms with E-state index < -0.39 is 0 Å². The zero-order valence-electron chi connectivity index (χ0n) is 19.1. The maximum atomic E-state index is 5.80. The Labute approximate surface area is 201 Å². The van der Waals surface area contributed by atoms with E-state index in [4.69, 9.17) is 9.47 Å². The molecule has 1 rings (SSSR count). The van der Waals surface area contributed by atoms with E-state index >= 15 is 0 Å². The van der Waals surface area contributed by atoms with Crippen LogP contribution in [0.1, 0.15) is 54.4 Å². The minimum absolute atomic E-state index is 0.162. The Morgan fingerprint density at radius 2 is 1.07 bits per heavy atom. The SMILES string of the molecule is CC(C)(C)NCCCOc1cccc(OCCCNC(C)(C)C)c1.CI.CI. The summed E-state index contributed by atoms with van der Waals surface area (Å²) in [6.07, 6.45) is 1.97. The summed E-state index contributed by atoms with van der Waals surface area (Å²) in [4.78, 5) is 3.94. The monoisotopic (exact) mass is 620 g/mol. The third kappa shape index (κ3) is 20.9. The molecular weight excluding hydrogens is 578 g/mol. The van der Waals surface area contributed by atoms with Crippen LogP contribution < -0.4 is 20.1 Å². The maximum absolute atomic E-state index is 5.80. The average molecular weight is 620 g/mol. The molecule has 6 heteroatoms. The third-order valence-electron chi connectivity index (χ3n) is 3.30. The van der Waals surface area contributed by atoms with Gasteiger partial charge in [0.2, 0.25) is 0 Å². The van der Waals surface area contributed by atoms with E-state index in [2.05, 4.69) is 97.4 Å². The molecule has 1 aromatic rings. The van der Waals surface area contributed by atoms with Crippen LogP contribution in [0.15, 0.2) is 24.3 Å². The molecule has 0 aliphatic rings. The zero-order valence-corrected chi connectivity index (χ0v) is 23.4. The summed E-state index contributed by atoms with van der Waals surface area (Å²) in [6, 6.07) is 7.90. The Morgan fingerprint density at radius 3 is 1.39 bits per heavy atom. The molecule has 0 spiro atoms. The Hall–Kier alpha value is 0.200. The van der Waals surface area contributed by atoms with Gasteiger partial charge in [0.25, 0.3) is 0 Å². The highest BCUT2D eigenvalue weighted by molar-refractivity contribution is 14.1. The van der Waals surface area contributed by atoms with Gasteiger partial charge in [-0.1, -0.05) is 51.2 Å². The predicted octanol–water partition coefficient (Wildman–Crippen LogP) is 6.10. The molecule has 166 valence electrons. The summed E-state index contributed by atoms with van der Waals surface area (Å²) in [5.41, 5.74) is 0.325. The summed E-state index contributed by atoms with van der Waals surface area (Å²) in [5.74, 6) is 1.74. The van der Waals surface area contributed by atoms with E-state index in [9.17, 15) is 0 Å². The first-order valence-electron chi connectivity index (χ1n) is 9.77. The number of rotatable bonds is 10. The molecule has 0 fully saturated rings. The molecule has 4 nitrogen and oxygen atoms in total. The fraction of sp³-hybridized carbons (Fsp3) is 0.727. The summed E-state index contributed by atoms with van der Waals surface area (Å²) in [7, 11) is 0. The van der Waals surface area contributed by atoms with Crippen molar-refractivity contribution in [2.45, 2.75) is 65.5 Å². The lowest BCUT2D eigenvalue weighted by molar-refractivity contribution is 0.285. The van der Waals surface area contributed by atoms with E-state index in [0.29, 0.717) is 13.2 Å². The second-order valence-electron chi connectivity index (χ2n) is 8.23. The number of hydrogen-bond donors (Lipinski definition) is 2. The van der Waals surface area contributed by atoms with Crippen molar-refractivity contribution >= 4 is 45.2 Å². The van der Waals surface area contributed by atoms with Gasteiger partial charge in [0.1, 0.15) is 11.5 Å². The number of hydrogen-bond acceptors (Lipinski definition) is 4. The van der Waals surface area contributed by atoms with Gasteiger partial charge < -0.3 is 20.1 Å². The third-order valence-corrected chi connectivity index (χ3v) is 3.30. The lowest BCUT2D eigenvalue weighted by Crippen LogP contribution is -2.36. The van der Waals surface area contributed by atoms with Gasteiger partial charge in [-0.05, 0) is 89.5 Å². The van der Waals surface area contributed by atoms with Crippen LogP contribution in [-0.4, -0.2) is 47.2 Å². The van der Waals surface area contributed by atoms with Gasteiger partial charge in [-0.25, -0.2) is 0 Å². The van der Waals surface area contributed by atoms with Crippen molar-refractivity contribution in [2.24, 2.45) is 0 Å². The van der Waals surface area contributed by atoms with E-state index in [1.54, 1.807) is 0 Å². The Bertz CT molecular complexity index is 433. The average Bonchev–Trinajstić information content (AvgIpc) is 2.63. The molecule has 0 saturated carbocycles. The second-order valence-corrected chi connectivity index (χ2v) is 8.23. The van der Waals surface area contributed by atoms with Crippen LogP contribution in [0.5, 0.6) is 11.5 Å². The lowest BCUT2D eigenvalue weighted by Gasteiger charge is -2.20. The van der Waals surface area contributed by atoms with Crippen molar-refractivity contribution < 1.29 is 9.47 Å². The number of benzene rings is 1. The van der Waals surface area contributed by atoms with Crippen LogP contribution in [-0.2, 0) is 0 Å². The molecule has 0 aromatic heterocycles. The molecule has 1 aromatic carbocycles. The van der Waals surface area contributed by atoms with Crippen LogP contribution >= 0.6 is 45.2 Å². The van der Waals surface area contributed by atoms with Crippen molar-refractivity contribution in [2.75, 3.05) is 36.2 Å². The van der Waals surface area contributed by atoms with Crippen LogP contribution in [0, 0.1) is 0 Å². The van der Waals surface area contributed by atoms with Gasteiger partial charge >= 0.3 is 0 Å². The Kier molecular flexibility index (Phi) is 19.5. The van der Waals surface area contributed by atoms with Crippen LogP contribution in [0.25, 0.3) is 0 Å². The van der Waals surface area contributed by atoms with Crippen LogP contribution in [0.2, 0.25) is 0 Å². The van der Waals surface area contributed by atoms with Gasteiger partial charge in [0.15, 0.2) is 0 Å². The normalized spacial score (nSPS) is 10.9. The second kappa shape index (κ2) is 18.0. The first-order chi connectivity index (χ1) is 13.2. The summed E-state index contributed by atoms with van der Waals surface area (Å²) in [6.45, 7) is 16.4. The summed E-state index contributed by atoms with van der Waals surface area (Å²) in [5, 5.41) is 6.92. The van der Waals surface area contributed by atoms with Crippen molar-refractivity contribution in [3.05, 3.63) is 24.3 Å². The number of nitrogens with one attached hydrogen (secondary N) is 2. The van der Waals surface area contributed by atoms with Crippen molar-refractivity contribution in [3.63, 3.8) is 0 Å². The van der Waals surface area contributed by atoms with E-state index in [-0.39, 0.29) is 11.1 Å². The van der Waals surface area contributed by atoms with Crippen LogP contribution in [0.4, 0.5) is 0 Å². The zero-order chi connectivity index (χ0) is 22.1. The van der Waals surface area contributed by atoms with Crippen LogP contribution in [0.3, 0.4) is 0 Å². The van der Waals surface area contributed by atoms with Crippen molar-refractivity contribution in [1.29, 1.82) is 0 Å². The topological polar surface area (TPSA) is 42.5 Å².